The van der Waals surface area contributed by atoms with Crippen LogP contribution in [0.2, 0.25) is 5.02 Å². The van der Waals surface area contributed by atoms with Crippen molar-refractivity contribution in [1.29, 1.82) is 0 Å². The van der Waals surface area contributed by atoms with Crippen LogP contribution in [-0.2, 0) is 4.79 Å². The molecule has 6 heteroatoms. The Balaban J connectivity index is 1.86. The molecule has 2 heterocycles. The number of hydrogen-bond donors (Lipinski definition) is 0. The summed E-state index contributed by atoms with van der Waals surface area (Å²) in [4.78, 5) is 32.0. The Bertz CT molecular complexity index is 1100. The molecule has 3 aromatic rings. The molecule has 0 saturated carbocycles. The van der Waals surface area contributed by atoms with Crippen molar-refractivity contribution in [2.24, 2.45) is 5.92 Å². The minimum atomic E-state index is -0.504. The molecule has 4 nitrogen and oxygen atoms in total. The Morgan fingerprint density at radius 3 is 2.58 bits per heavy atom. The second kappa shape index (κ2) is 8.85. The van der Waals surface area contributed by atoms with E-state index >= 15 is 0 Å². The van der Waals surface area contributed by atoms with Crippen molar-refractivity contribution in [3.05, 3.63) is 87.1 Å². The number of carbonyl (C=O) groups excluding carboxylic acids is 2. The van der Waals surface area contributed by atoms with Crippen LogP contribution in [0.3, 0.4) is 0 Å². The number of halogens is 1. The lowest BCUT2D eigenvalue weighted by atomic mass is 9.80. The molecule has 0 radical (unpaired) electrons. The van der Waals surface area contributed by atoms with Gasteiger partial charge in [-0.25, -0.2) is 0 Å². The topological polar surface area (TPSA) is 40.6 Å². The molecule has 0 N–H and O–H groups in total. The Morgan fingerprint density at radius 1 is 1.13 bits per heavy atom. The summed E-state index contributed by atoms with van der Waals surface area (Å²) in [5.41, 5.74) is 2.12. The molecule has 4 rings (SSSR count). The average molecular weight is 453 g/mol. The Labute approximate surface area is 192 Å². The van der Waals surface area contributed by atoms with Crippen molar-refractivity contribution in [2.45, 2.75) is 25.8 Å². The van der Waals surface area contributed by atoms with Gasteiger partial charge in [0, 0.05) is 34.7 Å². The number of thiophene rings is 1. The summed E-state index contributed by atoms with van der Waals surface area (Å²) in [5, 5.41) is 2.57. The molecule has 0 unspecified atom stereocenters. The summed E-state index contributed by atoms with van der Waals surface area (Å²) in [5.74, 6) is -0.306. The SMILES string of the molecule is CC(C)CN1C(=O)c2ccccc2[C@H](C(=O)N(C)c2cccc(Cl)c2)[C@@H]1c1cccs1. The highest BCUT2D eigenvalue weighted by atomic mass is 35.5. The number of amides is 2. The molecule has 160 valence electrons. The van der Waals surface area contributed by atoms with Gasteiger partial charge in [0.05, 0.1) is 12.0 Å². The first-order valence-corrected chi connectivity index (χ1v) is 11.6. The number of hydrogen-bond acceptors (Lipinski definition) is 3. The molecule has 31 heavy (non-hydrogen) atoms. The van der Waals surface area contributed by atoms with Crippen LogP contribution in [0.15, 0.2) is 66.0 Å². The molecule has 0 bridgehead atoms. The summed E-state index contributed by atoms with van der Waals surface area (Å²) in [7, 11) is 1.77. The van der Waals surface area contributed by atoms with E-state index < -0.39 is 5.92 Å². The second-order valence-corrected chi connectivity index (χ2v) is 9.67. The van der Waals surface area contributed by atoms with Gasteiger partial charge in [0.1, 0.15) is 0 Å². The standard InChI is InChI=1S/C25H25ClN2O2S/c1-16(2)15-28-23(21-12-7-13-31-21)22(19-10-4-5-11-20(19)24(28)29)25(30)27(3)18-9-6-8-17(26)14-18/h4-14,16,22-23H,15H2,1-3H3/t22-,23-/m0/s1. The number of benzene rings is 2. The van der Waals surface area contributed by atoms with Crippen molar-refractivity contribution in [2.75, 3.05) is 18.5 Å². The highest BCUT2D eigenvalue weighted by Gasteiger charge is 2.45. The molecule has 1 aliphatic rings. The smallest absolute Gasteiger partial charge is 0.254 e. The molecule has 0 saturated heterocycles. The number of fused-ring (bicyclic) bond motifs is 1. The van der Waals surface area contributed by atoms with E-state index in [4.69, 9.17) is 11.6 Å². The lowest BCUT2D eigenvalue weighted by molar-refractivity contribution is -0.121. The van der Waals surface area contributed by atoms with Crippen molar-refractivity contribution < 1.29 is 9.59 Å². The average Bonchev–Trinajstić information content (AvgIpc) is 3.28. The molecular weight excluding hydrogens is 428 g/mol. The maximum absolute atomic E-state index is 14.0. The van der Waals surface area contributed by atoms with Gasteiger partial charge in [-0.1, -0.05) is 55.8 Å². The van der Waals surface area contributed by atoms with E-state index in [1.165, 1.54) is 0 Å². The number of likely N-dealkylation sites (N-methyl/N-ethyl adjacent to an activating group) is 1. The summed E-state index contributed by atoms with van der Waals surface area (Å²) < 4.78 is 0. The highest BCUT2D eigenvalue weighted by molar-refractivity contribution is 7.10. The Hall–Kier alpha value is -2.63. The first kappa shape index (κ1) is 21.6. The van der Waals surface area contributed by atoms with E-state index in [2.05, 4.69) is 13.8 Å². The van der Waals surface area contributed by atoms with Crippen LogP contribution in [0.25, 0.3) is 0 Å². The summed E-state index contributed by atoms with van der Waals surface area (Å²) in [6, 6.07) is 18.4. The molecule has 0 spiro atoms. The molecule has 0 fully saturated rings. The molecule has 0 aliphatic carbocycles. The van der Waals surface area contributed by atoms with Crippen LogP contribution < -0.4 is 4.90 Å². The first-order valence-electron chi connectivity index (χ1n) is 10.3. The summed E-state index contributed by atoms with van der Waals surface area (Å²) >= 11 is 7.76. The van der Waals surface area contributed by atoms with Gasteiger partial charge in [0.15, 0.2) is 0 Å². The maximum atomic E-state index is 14.0. The lowest BCUT2D eigenvalue weighted by Gasteiger charge is -2.43. The van der Waals surface area contributed by atoms with Crippen molar-refractivity contribution in [3.63, 3.8) is 0 Å². The highest BCUT2D eigenvalue weighted by Crippen LogP contribution is 2.45. The van der Waals surface area contributed by atoms with Gasteiger partial charge >= 0.3 is 0 Å². The normalized spacial score (nSPS) is 18.2. The van der Waals surface area contributed by atoms with E-state index in [9.17, 15) is 9.59 Å². The van der Waals surface area contributed by atoms with Crippen LogP contribution in [0.1, 0.15) is 46.6 Å². The Morgan fingerprint density at radius 2 is 1.90 bits per heavy atom. The third-order valence-electron chi connectivity index (χ3n) is 5.63. The van der Waals surface area contributed by atoms with Gasteiger partial charge in [-0.15, -0.1) is 11.3 Å². The zero-order valence-corrected chi connectivity index (χ0v) is 19.4. The van der Waals surface area contributed by atoms with Crippen LogP contribution in [0, 0.1) is 5.92 Å². The minimum Gasteiger partial charge on any atom is -0.329 e. The zero-order valence-electron chi connectivity index (χ0n) is 17.8. The van der Waals surface area contributed by atoms with Gasteiger partial charge in [-0.2, -0.15) is 0 Å². The van der Waals surface area contributed by atoms with Gasteiger partial charge < -0.3 is 9.80 Å². The van der Waals surface area contributed by atoms with E-state index in [0.29, 0.717) is 17.1 Å². The minimum absolute atomic E-state index is 0.0165. The van der Waals surface area contributed by atoms with Crippen LogP contribution in [0.4, 0.5) is 5.69 Å². The lowest BCUT2D eigenvalue weighted by Crippen LogP contribution is -2.48. The zero-order chi connectivity index (χ0) is 22.1. The van der Waals surface area contributed by atoms with E-state index in [0.717, 1.165) is 16.1 Å². The molecule has 1 aromatic heterocycles. The summed E-state index contributed by atoms with van der Waals surface area (Å²) in [6.07, 6.45) is 0. The van der Waals surface area contributed by atoms with Gasteiger partial charge in [-0.05, 0) is 47.2 Å². The second-order valence-electron chi connectivity index (χ2n) is 8.25. The largest absolute Gasteiger partial charge is 0.329 e. The molecular formula is C25H25ClN2O2S. The maximum Gasteiger partial charge on any atom is 0.254 e. The van der Waals surface area contributed by atoms with Gasteiger partial charge in [0.2, 0.25) is 5.91 Å². The third kappa shape index (κ3) is 4.12. The van der Waals surface area contributed by atoms with Crippen molar-refractivity contribution >= 4 is 40.4 Å². The number of nitrogens with zero attached hydrogens (tertiary/aromatic N) is 2. The van der Waals surface area contributed by atoms with Gasteiger partial charge in [-0.3, -0.25) is 9.59 Å². The van der Waals surface area contributed by atoms with Crippen molar-refractivity contribution in [1.82, 2.24) is 4.90 Å². The van der Waals surface area contributed by atoms with Crippen LogP contribution in [0.5, 0.6) is 0 Å². The number of carbonyl (C=O) groups is 2. The fourth-order valence-electron chi connectivity index (χ4n) is 4.25. The molecule has 2 amide bonds. The third-order valence-corrected chi connectivity index (χ3v) is 6.81. The monoisotopic (exact) mass is 452 g/mol. The fraction of sp³-hybridized carbons (Fsp3) is 0.280. The Kier molecular flexibility index (Phi) is 6.17. The molecule has 1 aliphatic heterocycles. The van der Waals surface area contributed by atoms with Crippen LogP contribution in [-0.4, -0.2) is 30.3 Å². The van der Waals surface area contributed by atoms with E-state index in [-0.39, 0.29) is 23.8 Å². The van der Waals surface area contributed by atoms with Gasteiger partial charge in [0.25, 0.3) is 5.91 Å². The molecule has 2 atom stereocenters. The van der Waals surface area contributed by atoms with Crippen molar-refractivity contribution in [3.8, 4) is 0 Å². The number of rotatable bonds is 5. The quantitative estimate of drug-likeness (QED) is 0.476. The molecule has 2 aromatic carbocycles. The predicted octanol–water partition coefficient (Wildman–Crippen LogP) is 6.00. The predicted molar refractivity (Wildman–Crippen MR) is 127 cm³/mol. The van der Waals surface area contributed by atoms with Crippen LogP contribution >= 0.6 is 22.9 Å². The van der Waals surface area contributed by atoms with E-state index in [1.807, 2.05) is 58.8 Å². The fourth-order valence-corrected chi connectivity index (χ4v) is 5.31. The van der Waals surface area contributed by atoms with E-state index in [1.54, 1.807) is 35.4 Å². The first-order chi connectivity index (χ1) is 14.9. The number of anilines is 1. The summed E-state index contributed by atoms with van der Waals surface area (Å²) in [6.45, 7) is 4.77.